The second-order valence-electron chi connectivity index (χ2n) is 6.40. The minimum Gasteiger partial charge on any atom is -0.355 e. The van der Waals surface area contributed by atoms with Gasteiger partial charge in [0, 0.05) is 13.0 Å². The van der Waals surface area contributed by atoms with Crippen LogP contribution in [0.5, 0.6) is 0 Å². The highest BCUT2D eigenvalue weighted by atomic mass is 32.2. The number of likely N-dealkylation sites (N-methyl/N-ethyl adjacent to an activating group) is 1. The van der Waals surface area contributed by atoms with Crippen LogP contribution < -0.4 is 5.32 Å². The molecule has 0 spiro atoms. The van der Waals surface area contributed by atoms with Gasteiger partial charge in [0.2, 0.25) is 5.91 Å². The molecule has 0 aliphatic carbocycles. The van der Waals surface area contributed by atoms with Crippen LogP contribution in [-0.2, 0) is 9.59 Å². The standard InChI is InChI=1S/C17H35N3O2S/c1-15(21)14-16(17(22)18-10-9-11-19(2)3)20(4)12-7-6-8-13-23-5/h16H,6-14H2,1-5H3,(H,18,22)/t16-/m1/s1. The number of ketones is 1. The monoisotopic (exact) mass is 345 g/mol. The Balaban J connectivity index is 4.25. The van der Waals surface area contributed by atoms with Crippen LogP contribution in [0.25, 0.3) is 0 Å². The Morgan fingerprint density at radius 1 is 1.04 bits per heavy atom. The zero-order chi connectivity index (χ0) is 17.7. The van der Waals surface area contributed by atoms with Gasteiger partial charge in [-0.05, 0) is 72.4 Å². The van der Waals surface area contributed by atoms with E-state index in [1.54, 1.807) is 6.92 Å². The maximum absolute atomic E-state index is 12.4. The topological polar surface area (TPSA) is 52.7 Å². The predicted octanol–water partition coefficient (Wildman–Crippen LogP) is 1.87. The molecule has 0 aromatic rings. The molecule has 0 bridgehead atoms. The van der Waals surface area contributed by atoms with Gasteiger partial charge in [-0.1, -0.05) is 6.42 Å². The van der Waals surface area contributed by atoms with Crippen LogP contribution in [0.1, 0.15) is 39.0 Å². The highest BCUT2D eigenvalue weighted by molar-refractivity contribution is 7.98. The molecule has 5 nitrogen and oxygen atoms in total. The van der Waals surface area contributed by atoms with Crippen molar-refractivity contribution in [1.29, 1.82) is 0 Å². The summed E-state index contributed by atoms with van der Waals surface area (Å²) in [5, 5.41) is 2.97. The van der Waals surface area contributed by atoms with Gasteiger partial charge in [0.05, 0.1) is 6.04 Å². The molecule has 0 unspecified atom stereocenters. The number of hydrogen-bond acceptors (Lipinski definition) is 5. The first-order valence-corrected chi connectivity index (χ1v) is 9.89. The number of carbonyl (C=O) groups is 2. The van der Waals surface area contributed by atoms with Gasteiger partial charge in [-0.25, -0.2) is 0 Å². The van der Waals surface area contributed by atoms with Crippen LogP contribution in [-0.4, -0.2) is 80.3 Å². The number of thioether (sulfide) groups is 1. The summed E-state index contributed by atoms with van der Waals surface area (Å²) in [6.45, 7) is 4.02. The number of rotatable bonds is 14. The van der Waals surface area contributed by atoms with Gasteiger partial charge < -0.3 is 10.2 Å². The minimum atomic E-state index is -0.340. The maximum Gasteiger partial charge on any atom is 0.237 e. The number of amides is 1. The molecule has 136 valence electrons. The van der Waals surface area contributed by atoms with E-state index >= 15 is 0 Å². The normalized spacial score (nSPS) is 12.7. The summed E-state index contributed by atoms with van der Waals surface area (Å²) >= 11 is 1.87. The summed E-state index contributed by atoms with van der Waals surface area (Å²) in [5.41, 5.74) is 0. The second kappa shape index (κ2) is 13.8. The van der Waals surface area contributed by atoms with Gasteiger partial charge in [-0.3, -0.25) is 14.5 Å². The van der Waals surface area contributed by atoms with Crippen molar-refractivity contribution in [3.05, 3.63) is 0 Å². The fraction of sp³-hybridized carbons (Fsp3) is 0.882. The van der Waals surface area contributed by atoms with Crippen LogP contribution in [0.2, 0.25) is 0 Å². The summed E-state index contributed by atoms with van der Waals surface area (Å²) in [7, 11) is 5.98. The number of hydrogen-bond donors (Lipinski definition) is 1. The summed E-state index contributed by atoms with van der Waals surface area (Å²) in [6.07, 6.45) is 6.78. The molecule has 0 heterocycles. The van der Waals surface area contributed by atoms with Gasteiger partial charge >= 0.3 is 0 Å². The van der Waals surface area contributed by atoms with E-state index in [1.165, 1.54) is 18.6 Å². The largest absolute Gasteiger partial charge is 0.355 e. The number of nitrogens with zero attached hydrogens (tertiary/aromatic N) is 2. The van der Waals surface area contributed by atoms with E-state index in [9.17, 15) is 9.59 Å². The molecule has 1 N–H and O–H groups in total. The minimum absolute atomic E-state index is 0.0226. The highest BCUT2D eigenvalue weighted by Gasteiger charge is 2.24. The average molecular weight is 346 g/mol. The fourth-order valence-electron chi connectivity index (χ4n) is 2.39. The molecular formula is C17H35N3O2S. The Labute approximate surface area is 146 Å². The lowest BCUT2D eigenvalue weighted by atomic mass is 10.1. The van der Waals surface area contributed by atoms with E-state index < -0.39 is 0 Å². The first kappa shape index (κ1) is 22.4. The molecule has 1 amide bonds. The van der Waals surface area contributed by atoms with Gasteiger partial charge in [0.25, 0.3) is 0 Å². The molecular weight excluding hydrogens is 310 g/mol. The van der Waals surface area contributed by atoms with Crippen molar-refractivity contribution >= 4 is 23.5 Å². The highest BCUT2D eigenvalue weighted by Crippen LogP contribution is 2.08. The fourth-order valence-corrected chi connectivity index (χ4v) is 2.88. The Hall–Kier alpha value is -0.590. The van der Waals surface area contributed by atoms with Crippen molar-refractivity contribution in [2.24, 2.45) is 0 Å². The number of nitrogens with one attached hydrogen (secondary N) is 1. The summed E-state index contributed by atoms with van der Waals surface area (Å²) in [4.78, 5) is 28.0. The maximum atomic E-state index is 12.4. The number of carbonyl (C=O) groups excluding carboxylic acids is 2. The van der Waals surface area contributed by atoms with Crippen molar-refractivity contribution in [2.75, 3.05) is 52.8 Å². The van der Waals surface area contributed by atoms with E-state index in [4.69, 9.17) is 0 Å². The number of unbranched alkanes of at least 4 members (excludes halogenated alkanes) is 2. The van der Waals surface area contributed by atoms with E-state index in [-0.39, 0.29) is 17.7 Å². The quantitative estimate of drug-likeness (QED) is 0.487. The Bertz CT molecular complexity index is 338. The van der Waals surface area contributed by atoms with E-state index in [1.807, 2.05) is 37.8 Å². The molecule has 6 heteroatoms. The van der Waals surface area contributed by atoms with E-state index in [0.717, 1.165) is 25.9 Å². The lowest BCUT2D eigenvalue weighted by Crippen LogP contribution is -2.47. The van der Waals surface area contributed by atoms with Crippen LogP contribution in [0.15, 0.2) is 0 Å². The van der Waals surface area contributed by atoms with Crippen molar-refractivity contribution < 1.29 is 9.59 Å². The summed E-state index contributed by atoms with van der Waals surface area (Å²) in [6, 6.07) is -0.340. The zero-order valence-corrected chi connectivity index (χ0v) is 16.4. The summed E-state index contributed by atoms with van der Waals surface area (Å²) < 4.78 is 0. The van der Waals surface area contributed by atoms with Crippen molar-refractivity contribution in [1.82, 2.24) is 15.1 Å². The Morgan fingerprint density at radius 2 is 1.74 bits per heavy atom. The van der Waals surface area contributed by atoms with Crippen molar-refractivity contribution in [3.63, 3.8) is 0 Å². The molecule has 0 fully saturated rings. The number of Topliss-reactive ketones (excluding diaryl/α,β-unsaturated/α-hetero) is 1. The average Bonchev–Trinajstić information content (AvgIpc) is 2.48. The smallest absolute Gasteiger partial charge is 0.237 e. The zero-order valence-electron chi connectivity index (χ0n) is 15.6. The molecule has 0 rings (SSSR count). The lowest BCUT2D eigenvalue weighted by Gasteiger charge is -2.26. The lowest BCUT2D eigenvalue weighted by molar-refractivity contribution is -0.129. The molecule has 1 atom stereocenters. The third-order valence-electron chi connectivity index (χ3n) is 3.76. The molecule has 23 heavy (non-hydrogen) atoms. The molecule has 0 saturated carbocycles. The van der Waals surface area contributed by atoms with Gasteiger partial charge in [-0.15, -0.1) is 0 Å². The van der Waals surface area contributed by atoms with Crippen LogP contribution in [0.3, 0.4) is 0 Å². The van der Waals surface area contributed by atoms with Gasteiger partial charge in [-0.2, -0.15) is 11.8 Å². The Morgan fingerprint density at radius 3 is 2.30 bits per heavy atom. The van der Waals surface area contributed by atoms with Gasteiger partial charge in [0.1, 0.15) is 5.78 Å². The second-order valence-corrected chi connectivity index (χ2v) is 7.39. The first-order chi connectivity index (χ1) is 10.9. The van der Waals surface area contributed by atoms with E-state index in [0.29, 0.717) is 13.0 Å². The third-order valence-corrected chi connectivity index (χ3v) is 4.45. The van der Waals surface area contributed by atoms with Crippen LogP contribution in [0.4, 0.5) is 0 Å². The van der Waals surface area contributed by atoms with Crippen molar-refractivity contribution in [3.8, 4) is 0 Å². The molecule has 0 saturated heterocycles. The molecule has 0 aromatic carbocycles. The Kier molecular flexibility index (Phi) is 13.5. The third kappa shape index (κ3) is 12.5. The summed E-state index contributed by atoms with van der Waals surface area (Å²) in [5.74, 6) is 1.23. The molecule has 0 aliphatic heterocycles. The SMILES string of the molecule is CSCCCCCN(C)[C@H](CC(C)=O)C(=O)NCCCN(C)C. The van der Waals surface area contributed by atoms with E-state index in [2.05, 4.69) is 16.5 Å². The van der Waals surface area contributed by atoms with Gasteiger partial charge in [0.15, 0.2) is 0 Å². The van der Waals surface area contributed by atoms with Crippen LogP contribution in [0, 0.1) is 0 Å². The first-order valence-electron chi connectivity index (χ1n) is 8.49. The predicted molar refractivity (Wildman–Crippen MR) is 100 cm³/mol. The van der Waals surface area contributed by atoms with Crippen LogP contribution >= 0.6 is 11.8 Å². The molecule has 0 radical (unpaired) electrons. The molecule has 0 aromatic heterocycles. The molecule has 0 aliphatic rings. The van der Waals surface area contributed by atoms with Crippen molar-refractivity contribution in [2.45, 2.75) is 45.1 Å².